The number of Topliss-reactive ketones (excluding diaryl/α,β-unsaturated/α-hetero) is 1. The van der Waals surface area contributed by atoms with Gasteiger partial charge in [-0.3, -0.25) is 4.79 Å². The summed E-state index contributed by atoms with van der Waals surface area (Å²) in [7, 11) is 5.91. The third-order valence-electron chi connectivity index (χ3n) is 3.82. The van der Waals surface area contributed by atoms with Gasteiger partial charge in [0.05, 0.1) is 0 Å². The first-order chi connectivity index (χ1) is 10.6. The van der Waals surface area contributed by atoms with Crippen molar-refractivity contribution in [3.05, 3.63) is 59.7 Å². The number of carbonyl (C=O) groups is 1. The number of carbonyl (C=O) groups excluding carboxylic acids is 1. The molecule has 0 aromatic heterocycles. The van der Waals surface area contributed by atoms with Crippen molar-refractivity contribution in [2.75, 3.05) is 28.4 Å². The van der Waals surface area contributed by atoms with E-state index in [0.29, 0.717) is 11.1 Å². The summed E-state index contributed by atoms with van der Waals surface area (Å²) in [4.78, 5) is 12.6. The lowest BCUT2D eigenvalue weighted by Crippen LogP contribution is -2.58. The van der Waals surface area contributed by atoms with E-state index in [0.717, 1.165) is 0 Å². The fraction of sp³-hybridized carbons (Fsp3) is 0.353. The fourth-order valence-electron chi connectivity index (χ4n) is 2.56. The zero-order chi connectivity index (χ0) is 16.2. The monoisotopic (exact) mass is 304 g/mol. The molecule has 0 N–H and O–H groups in total. The predicted octanol–water partition coefficient (Wildman–Crippen LogP) is 2.34. The molecule has 0 amide bonds. The quantitative estimate of drug-likeness (QED) is 0.596. The highest BCUT2D eigenvalue weighted by molar-refractivity contribution is 6.10. The highest BCUT2D eigenvalue weighted by Gasteiger charge is 2.54. The molecule has 1 aliphatic carbocycles. The van der Waals surface area contributed by atoms with Crippen LogP contribution in [0, 0.1) is 0 Å². The molecule has 0 saturated heterocycles. The van der Waals surface area contributed by atoms with Gasteiger partial charge < -0.3 is 18.9 Å². The first-order valence-electron chi connectivity index (χ1n) is 6.80. The number of ketones is 1. The Kier molecular flexibility index (Phi) is 4.93. The largest absolute Gasteiger partial charge is 0.345 e. The third-order valence-corrected chi connectivity index (χ3v) is 3.82. The molecule has 0 unspecified atom stereocenters. The van der Waals surface area contributed by atoms with Crippen LogP contribution in [-0.4, -0.2) is 45.8 Å². The molecule has 5 heteroatoms. The average Bonchev–Trinajstić information content (AvgIpc) is 2.61. The van der Waals surface area contributed by atoms with Gasteiger partial charge in [-0.2, -0.15) is 0 Å². The first kappa shape index (κ1) is 16.6. The van der Waals surface area contributed by atoms with Gasteiger partial charge in [0, 0.05) is 39.6 Å². The Morgan fingerprint density at radius 3 is 1.91 bits per heavy atom. The van der Waals surface area contributed by atoms with Crippen LogP contribution in [0.3, 0.4) is 0 Å². The summed E-state index contributed by atoms with van der Waals surface area (Å²) in [5, 5.41) is 0. The van der Waals surface area contributed by atoms with E-state index in [-0.39, 0.29) is 5.78 Å². The Hall–Kier alpha value is -1.79. The Balaban J connectivity index is 2.46. The summed E-state index contributed by atoms with van der Waals surface area (Å²) in [5.41, 5.74) is 1.03. The summed E-state index contributed by atoms with van der Waals surface area (Å²) in [6.07, 6.45) is 4.85. The second-order valence-corrected chi connectivity index (χ2v) is 4.78. The molecule has 0 heterocycles. The highest BCUT2D eigenvalue weighted by Crippen LogP contribution is 2.38. The van der Waals surface area contributed by atoms with E-state index in [1.807, 2.05) is 18.2 Å². The Labute approximate surface area is 130 Å². The number of methoxy groups -OCH3 is 4. The Bertz CT molecular complexity index is 580. The molecule has 118 valence electrons. The van der Waals surface area contributed by atoms with E-state index in [2.05, 4.69) is 0 Å². The molecular weight excluding hydrogens is 284 g/mol. The third kappa shape index (κ3) is 2.53. The minimum atomic E-state index is -1.36. The van der Waals surface area contributed by atoms with Crippen molar-refractivity contribution in [3.63, 3.8) is 0 Å². The first-order valence-corrected chi connectivity index (χ1v) is 6.80. The molecule has 0 fully saturated rings. The normalized spacial score (nSPS) is 18.8. The summed E-state index contributed by atoms with van der Waals surface area (Å²) in [6, 6.07) is 9.00. The van der Waals surface area contributed by atoms with Crippen LogP contribution < -0.4 is 0 Å². The van der Waals surface area contributed by atoms with Crippen molar-refractivity contribution in [3.8, 4) is 0 Å². The van der Waals surface area contributed by atoms with Gasteiger partial charge in [-0.15, -0.1) is 0 Å². The molecule has 5 nitrogen and oxygen atoms in total. The van der Waals surface area contributed by atoms with Crippen molar-refractivity contribution in [2.24, 2.45) is 0 Å². The standard InChI is InChI=1S/C17H20O5/c1-19-16(20-2)11-10-14(12-17(16,21-3)22-4)15(18)13-8-6-5-7-9-13/h5-12H,1-4H3. The summed E-state index contributed by atoms with van der Waals surface area (Å²) >= 11 is 0. The minimum absolute atomic E-state index is 0.129. The van der Waals surface area contributed by atoms with E-state index in [4.69, 9.17) is 18.9 Å². The molecule has 0 bridgehead atoms. The van der Waals surface area contributed by atoms with Gasteiger partial charge in [-0.05, 0) is 18.2 Å². The SMILES string of the molecule is COC1(OC)C=CC(C(=O)c2ccccc2)=CC1(OC)OC. The lowest BCUT2D eigenvalue weighted by atomic mass is 9.91. The number of hydrogen-bond acceptors (Lipinski definition) is 5. The van der Waals surface area contributed by atoms with Crippen molar-refractivity contribution >= 4 is 5.78 Å². The lowest BCUT2D eigenvalue weighted by molar-refractivity contribution is -0.345. The van der Waals surface area contributed by atoms with Crippen LogP contribution >= 0.6 is 0 Å². The minimum Gasteiger partial charge on any atom is -0.345 e. The molecule has 2 rings (SSSR count). The molecule has 22 heavy (non-hydrogen) atoms. The van der Waals surface area contributed by atoms with Gasteiger partial charge in [-0.1, -0.05) is 30.3 Å². The van der Waals surface area contributed by atoms with Crippen molar-refractivity contribution in [1.29, 1.82) is 0 Å². The van der Waals surface area contributed by atoms with Crippen molar-refractivity contribution in [1.82, 2.24) is 0 Å². The topological polar surface area (TPSA) is 54.0 Å². The van der Waals surface area contributed by atoms with Crippen molar-refractivity contribution in [2.45, 2.75) is 11.6 Å². The van der Waals surface area contributed by atoms with Gasteiger partial charge >= 0.3 is 0 Å². The van der Waals surface area contributed by atoms with Crippen LogP contribution in [0.4, 0.5) is 0 Å². The summed E-state index contributed by atoms with van der Waals surface area (Å²) in [5.74, 6) is -2.75. The second kappa shape index (κ2) is 6.54. The molecule has 0 radical (unpaired) electrons. The molecule has 0 saturated carbocycles. The number of benzene rings is 1. The number of hydrogen-bond donors (Lipinski definition) is 0. The van der Waals surface area contributed by atoms with Gasteiger partial charge in [0.25, 0.3) is 0 Å². The number of rotatable bonds is 6. The van der Waals surface area contributed by atoms with Crippen LogP contribution in [0.2, 0.25) is 0 Å². The Morgan fingerprint density at radius 2 is 1.41 bits per heavy atom. The number of allylic oxidation sites excluding steroid dienone is 2. The molecular formula is C17H20O5. The average molecular weight is 304 g/mol. The molecule has 0 aliphatic heterocycles. The fourth-order valence-corrected chi connectivity index (χ4v) is 2.56. The number of ether oxygens (including phenoxy) is 4. The van der Waals surface area contributed by atoms with E-state index in [1.165, 1.54) is 28.4 Å². The molecule has 1 aliphatic rings. The zero-order valence-electron chi connectivity index (χ0n) is 13.2. The van der Waals surface area contributed by atoms with E-state index >= 15 is 0 Å². The van der Waals surface area contributed by atoms with Crippen molar-refractivity contribution < 1.29 is 23.7 Å². The van der Waals surface area contributed by atoms with E-state index in [9.17, 15) is 4.79 Å². The van der Waals surface area contributed by atoms with Crippen LogP contribution in [0.25, 0.3) is 0 Å². The Morgan fingerprint density at radius 1 is 0.864 bits per heavy atom. The van der Waals surface area contributed by atoms with Crippen LogP contribution in [0.15, 0.2) is 54.1 Å². The van der Waals surface area contributed by atoms with Crippen LogP contribution in [-0.2, 0) is 18.9 Å². The molecule has 1 aromatic carbocycles. The maximum atomic E-state index is 12.6. The van der Waals surface area contributed by atoms with Gasteiger partial charge in [0.1, 0.15) is 0 Å². The summed E-state index contributed by atoms with van der Waals surface area (Å²) in [6.45, 7) is 0. The maximum Gasteiger partial charge on any atom is 0.248 e. The smallest absolute Gasteiger partial charge is 0.248 e. The highest BCUT2D eigenvalue weighted by atomic mass is 16.8. The van der Waals surface area contributed by atoms with Gasteiger partial charge in [0.2, 0.25) is 11.6 Å². The lowest BCUT2D eigenvalue weighted by Gasteiger charge is -2.44. The van der Waals surface area contributed by atoms with E-state index in [1.54, 1.807) is 30.4 Å². The van der Waals surface area contributed by atoms with Gasteiger partial charge in [-0.25, -0.2) is 0 Å². The predicted molar refractivity (Wildman–Crippen MR) is 81.5 cm³/mol. The second-order valence-electron chi connectivity index (χ2n) is 4.78. The maximum absolute atomic E-state index is 12.6. The van der Waals surface area contributed by atoms with E-state index < -0.39 is 11.6 Å². The molecule has 1 aromatic rings. The van der Waals surface area contributed by atoms with Crippen LogP contribution in [0.1, 0.15) is 10.4 Å². The molecule has 0 atom stereocenters. The van der Waals surface area contributed by atoms with Crippen LogP contribution in [0.5, 0.6) is 0 Å². The zero-order valence-corrected chi connectivity index (χ0v) is 13.2. The van der Waals surface area contributed by atoms with Gasteiger partial charge in [0.15, 0.2) is 5.78 Å². The summed E-state index contributed by atoms with van der Waals surface area (Å²) < 4.78 is 21.9. The molecule has 0 spiro atoms.